The molecule has 1 N–H and O–H groups in total. The standard InChI is InChI=1S/C26H26N4O3S/c1-17-20(18(2)30(28-17)16-19-10-6-5-7-11-19)14-23-26(32)29(3)25(34-23)15-24(31)27-21-12-8-9-13-22(21)33-4/h5-15H,16H2,1-4H3,(H,27,31)/b23-14-,25-15+. The van der Waals surface area contributed by atoms with E-state index >= 15 is 0 Å². The summed E-state index contributed by atoms with van der Waals surface area (Å²) in [6, 6.07) is 17.3. The van der Waals surface area contributed by atoms with Crippen LogP contribution in [0, 0.1) is 13.8 Å². The Morgan fingerprint density at radius 3 is 2.56 bits per heavy atom. The number of nitrogens with one attached hydrogen (secondary N) is 1. The van der Waals surface area contributed by atoms with Gasteiger partial charge in [-0.2, -0.15) is 5.10 Å². The highest BCUT2D eigenvalue weighted by Crippen LogP contribution is 2.22. The summed E-state index contributed by atoms with van der Waals surface area (Å²) < 4.78 is 9.80. The quantitative estimate of drug-likeness (QED) is 0.466. The Hall–Kier alpha value is -3.91. The Balaban J connectivity index is 1.66. The molecule has 1 amide bonds. The number of hydrogen-bond donors (Lipinski definition) is 1. The maximum Gasteiger partial charge on any atom is 0.268 e. The molecule has 34 heavy (non-hydrogen) atoms. The van der Waals surface area contributed by atoms with E-state index in [0.717, 1.165) is 22.5 Å². The van der Waals surface area contributed by atoms with Gasteiger partial charge >= 0.3 is 0 Å². The summed E-state index contributed by atoms with van der Waals surface area (Å²) in [6.07, 6.45) is 3.29. The molecular weight excluding hydrogens is 448 g/mol. The molecule has 0 unspecified atom stereocenters. The van der Waals surface area contributed by atoms with Gasteiger partial charge in [-0.15, -0.1) is 11.3 Å². The van der Waals surface area contributed by atoms with Crippen molar-refractivity contribution in [2.24, 2.45) is 7.05 Å². The number of ether oxygens (including phenoxy) is 1. The van der Waals surface area contributed by atoms with Crippen LogP contribution in [0.4, 0.5) is 5.69 Å². The molecule has 0 saturated heterocycles. The van der Waals surface area contributed by atoms with Crippen molar-refractivity contribution in [2.45, 2.75) is 20.4 Å². The molecule has 2 aromatic carbocycles. The van der Waals surface area contributed by atoms with E-state index in [-0.39, 0.29) is 11.5 Å². The van der Waals surface area contributed by atoms with Gasteiger partial charge in [0.05, 0.1) is 29.6 Å². The molecule has 0 saturated carbocycles. The van der Waals surface area contributed by atoms with Gasteiger partial charge in [0, 0.05) is 24.4 Å². The number of rotatable bonds is 6. The van der Waals surface area contributed by atoms with Gasteiger partial charge in [0.1, 0.15) is 10.4 Å². The highest BCUT2D eigenvalue weighted by Gasteiger charge is 2.12. The van der Waals surface area contributed by atoms with E-state index < -0.39 is 0 Å². The molecule has 0 aliphatic rings. The van der Waals surface area contributed by atoms with Gasteiger partial charge < -0.3 is 14.6 Å². The normalized spacial score (nSPS) is 12.2. The van der Waals surface area contributed by atoms with Crippen LogP contribution in [0.5, 0.6) is 5.75 Å². The molecule has 0 aliphatic heterocycles. The number of benzene rings is 2. The zero-order chi connectivity index (χ0) is 24.2. The van der Waals surface area contributed by atoms with Crippen molar-refractivity contribution in [1.29, 1.82) is 0 Å². The lowest BCUT2D eigenvalue weighted by Gasteiger charge is -2.07. The van der Waals surface area contributed by atoms with Gasteiger partial charge in [0.15, 0.2) is 0 Å². The number of methoxy groups -OCH3 is 1. The first kappa shape index (κ1) is 23.3. The summed E-state index contributed by atoms with van der Waals surface area (Å²) in [5.41, 5.74) is 4.32. The number of para-hydroxylation sites is 2. The lowest BCUT2D eigenvalue weighted by atomic mass is 10.2. The van der Waals surface area contributed by atoms with Crippen molar-refractivity contribution in [3.05, 3.63) is 96.7 Å². The second-order valence-corrected chi connectivity index (χ2v) is 8.94. The molecule has 0 spiro atoms. The van der Waals surface area contributed by atoms with Gasteiger partial charge in [-0.1, -0.05) is 42.5 Å². The maximum absolute atomic E-state index is 12.9. The molecular formula is C26H26N4O3S. The lowest BCUT2D eigenvalue weighted by molar-refractivity contribution is -0.110. The minimum absolute atomic E-state index is 0.157. The van der Waals surface area contributed by atoms with Gasteiger partial charge in [0.2, 0.25) is 0 Å². The van der Waals surface area contributed by atoms with Crippen molar-refractivity contribution < 1.29 is 9.53 Å². The van der Waals surface area contributed by atoms with Crippen molar-refractivity contribution >= 4 is 35.1 Å². The second kappa shape index (κ2) is 9.93. The summed E-state index contributed by atoms with van der Waals surface area (Å²) in [6.45, 7) is 4.60. The van der Waals surface area contributed by atoms with Crippen LogP contribution in [0.25, 0.3) is 12.2 Å². The predicted molar refractivity (Wildman–Crippen MR) is 136 cm³/mol. The molecule has 0 bridgehead atoms. The van der Waals surface area contributed by atoms with E-state index in [1.807, 2.05) is 54.9 Å². The highest BCUT2D eigenvalue weighted by molar-refractivity contribution is 7.07. The number of carbonyl (C=O) groups is 1. The van der Waals surface area contributed by atoms with Gasteiger partial charge in [-0.3, -0.25) is 14.3 Å². The van der Waals surface area contributed by atoms with Crippen LogP contribution in [-0.4, -0.2) is 27.4 Å². The van der Waals surface area contributed by atoms with E-state index in [4.69, 9.17) is 4.74 Å². The predicted octanol–water partition coefficient (Wildman–Crippen LogP) is 2.57. The number of amides is 1. The Labute approximate surface area is 201 Å². The Morgan fingerprint density at radius 1 is 1.12 bits per heavy atom. The molecule has 7 nitrogen and oxygen atoms in total. The number of aryl methyl sites for hydroxylation is 1. The summed E-state index contributed by atoms with van der Waals surface area (Å²) in [5.74, 6) is 0.229. The summed E-state index contributed by atoms with van der Waals surface area (Å²) in [4.78, 5) is 25.5. The average Bonchev–Trinajstić information content (AvgIpc) is 3.24. The number of hydrogen-bond acceptors (Lipinski definition) is 5. The average molecular weight is 475 g/mol. The van der Waals surface area contributed by atoms with Crippen molar-refractivity contribution in [1.82, 2.24) is 14.3 Å². The first-order valence-electron chi connectivity index (χ1n) is 10.8. The van der Waals surface area contributed by atoms with Crippen molar-refractivity contribution in [2.75, 3.05) is 12.4 Å². The van der Waals surface area contributed by atoms with Gasteiger partial charge in [0.25, 0.3) is 11.5 Å². The molecule has 4 aromatic rings. The molecule has 4 rings (SSSR count). The fraction of sp³-hybridized carbons (Fsp3) is 0.192. The third-order valence-corrected chi connectivity index (χ3v) is 6.68. The largest absolute Gasteiger partial charge is 0.495 e. The third kappa shape index (κ3) is 4.87. The Morgan fingerprint density at radius 2 is 1.82 bits per heavy atom. The smallest absolute Gasteiger partial charge is 0.268 e. The van der Waals surface area contributed by atoms with Crippen LogP contribution in [0.2, 0.25) is 0 Å². The van der Waals surface area contributed by atoms with Crippen LogP contribution in [-0.2, 0) is 18.4 Å². The van der Waals surface area contributed by atoms with Crippen LogP contribution in [0.1, 0.15) is 22.5 Å². The molecule has 0 radical (unpaired) electrons. The number of nitrogens with zero attached hydrogens (tertiary/aromatic N) is 3. The van der Waals surface area contributed by atoms with Gasteiger partial charge in [-0.25, -0.2) is 0 Å². The minimum atomic E-state index is -0.337. The van der Waals surface area contributed by atoms with Crippen molar-refractivity contribution in [3.8, 4) is 5.75 Å². The number of anilines is 1. The van der Waals surface area contributed by atoms with E-state index in [0.29, 0.717) is 27.2 Å². The number of carbonyl (C=O) groups excluding carboxylic acids is 1. The van der Waals surface area contributed by atoms with E-state index in [1.165, 1.54) is 22.0 Å². The van der Waals surface area contributed by atoms with E-state index in [9.17, 15) is 9.59 Å². The molecule has 2 heterocycles. The molecule has 0 fully saturated rings. The van der Waals surface area contributed by atoms with E-state index in [1.54, 1.807) is 26.3 Å². The summed E-state index contributed by atoms with van der Waals surface area (Å²) in [7, 11) is 3.21. The van der Waals surface area contributed by atoms with Gasteiger partial charge in [-0.05, 0) is 37.6 Å². The first-order valence-corrected chi connectivity index (χ1v) is 11.6. The third-order valence-electron chi connectivity index (χ3n) is 5.57. The molecule has 0 aliphatic carbocycles. The number of aromatic nitrogens is 3. The molecule has 8 heteroatoms. The zero-order valence-electron chi connectivity index (χ0n) is 19.5. The van der Waals surface area contributed by atoms with Crippen molar-refractivity contribution in [3.63, 3.8) is 0 Å². The topological polar surface area (TPSA) is 78.2 Å². The zero-order valence-corrected chi connectivity index (χ0v) is 20.3. The molecule has 0 atom stereocenters. The SMILES string of the molecule is COc1ccccc1NC(=O)/C=c1/s/c(=C\c2c(C)nn(Cc3ccccc3)c2C)c(=O)n1C. The fourth-order valence-electron chi connectivity index (χ4n) is 3.70. The monoisotopic (exact) mass is 474 g/mol. The van der Waals surface area contributed by atoms with Crippen LogP contribution < -0.4 is 24.8 Å². The van der Waals surface area contributed by atoms with E-state index in [2.05, 4.69) is 22.5 Å². The maximum atomic E-state index is 12.9. The van der Waals surface area contributed by atoms with Crippen LogP contribution >= 0.6 is 11.3 Å². The first-order chi connectivity index (χ1) is 16.4. The highest BCUT2D eigenvalue weighted by atomic mass is 32.1. The second-order valence-electron chi connectivity index (χ2n) is 7.87. The Bertz CT molecular complexity index is 1510. The van der Waals surface area contributed by atoms with Crippen LogP contribution in [0.3, 0.4) is 0 Å². The van der Waals surface area contributed by atoms with Crippen LogP contribution in [0.15, 0.2) is 59.4 Å². The number of thiazole rings is 1. The molecule has 2 aromatic heterocycles. The fourth-order valence-corrected chi connectivity index (χ4v) is 4.71. The Kier molecular flexibility index (Phi) is 6.79. The lowest BCUT2D eigenvalue weighted by Crippen LogP contribution is -2.29. The minimum Gasteiger partial charge on any atom is -0.495 e. The molecule has 174 valence electrons. The summed E-state index contributed by atoms with van der Waals surface area (Å²) >= 11 is 1.27. The summed E-state index contributed by atoms with van der Waals surface area (Å²) in [5, 5.41) is 7.48.